The molecule has 0 atom stereocenters. The van der Waals surface area contributed by atoms with Gasteiger partial charge in [0.1, 0.15) is 11.4 Å². The Morgan fingerprint density at radius 3 is 1.71 bits per heavy atom. The molecule has 0 N–H and O–H groups in total. The van der Waals surface area contributed by atoms with Crippen LogP contribution < -0.4 is 0 Å². The zero-order chi connectivity index (χ0) is 9.97. The highest BCUT2D eigenvalue weighted by atomic mass is 16.3. The molecule has 0 aromatic heterocycles. The fourth-order valence-electron chi connectivity index (χ4n) is 1.45. The van der Waals surface area contributed by atoms with E-state index in [1.165, 1.54) is 0 Å². The number of hydrogen-bond acceptors (Lipinski definition) is 4. The molecule has 0 unspecified atom stereocenters. The lowest BCUT2D eigenvalue weighted by molar-refractivity contribution is 1.49. The van der Waals surface area contributed by atoms with Crippen LogP contribution in [0, 0.1) is 9.81 Å². The molecule has 14 heavy (non-hydrogen) atoms. The molecular formula is C10H6N2O2. The van der Waals surface area contributed by atoms with E-state index in [2.05, 4.69) is 10.4 Å². The number of nitrogens with zero attached hydrogens (tertiary/aromatic N) is 2. The molecule has 0 heterocycles. The van der Waals surface area contributed by atoms with Gasteiger partial charge in [-0.2, -0.15) is 0 Å². The molecular weight excluding hydrogens is 180 g/mol. The van der Waals surface area contributed by atoms with Gasteiger partial charge in [-0.3, -0.25) is 0 Å². The summed E-state index contributed by atoms with van der Waals surface area (Å²) in [5.74, 6) is 0. The van der Waals surface area contributed by atoms with Crippen molar-refractivity contribution >= 4 is 22.1 Å². The van der Waals surface area contributed by atoms with Crippen molar-refractivity contribution in [2.24, 2.45) is 10.4 Å². The topological polar surface area (TPSA) is 58.9 Å². The molecule has 0 aliphatic rings. The summed E-state index contributed by atoms with van der Waals surface area (Å²) in [5, 5.41) is 7.02. The number of hydrogen-bond donors (Lipinski definition) is 0. The first kappa shape index (κ1) is 8.50. The Hall–Kier alpha value is -2.10. The second-order valence-electron chi connectivity index (χ2n) is 2.83. The third-order valence-electron chi connectivity index (χ3n) is 2.06. The zero-order valence-corrected chi connectivity index (χ0v) is 7.18. The van der Waals surface area contributed by atoms with Crippen LogP contribution >= 0.6 is 0 Å². The molecule has 0 aliphatic carbocycles. The Balaban J connectivity index is 2.94. The summed E-state index contributed by atoms with van der Waals surface area (Å²) in [7, 11) is 0. The maximum Gasteiger partial charge on any atom is 0.118 e. The summed E-state index contributed by atoms with van der Waals surface area (Å²) in [4.78, 5) is 21.0. The van der Waals surface area contributed by atoms with E-state index < -0.39 is 0 Å². The Labute approximate surface area is 79.5 Å². The number of rotatable bonds is 2. The first-order valence-electron chi connectivity index (χ1n) is 4.05. The summed E-state index contributed by atoms with van der Waals surface area (Å²) in [5.41, 5.74) is 0.496. The average molecular weight is 186 g/mol. The van der Waals surface area contributed by atoms with E-state index >= 15 is 0 Å². The fraction of sp³-hybridized carbons (Fsp3) is 0. The van der Waals surface area contributed by atoms with Crippen molar-refractivity contribution in [1.29, 1.82) is 0 Å². The highest BCUT2D eigenvalue weighted by Gasteiger charge is 2.06. The van der Waals surface area contributed by atoms with Gasteiger partial charge in [0.25, 0.3) is 0 Å². The maximum atomic E-state index is 10.5. The molecule has 0 amide bonds. The normalized spacial score (nSPS) is 10.0. The van der Waals surface area contributed by atoms with Crippen LogP contribution in [0.15, 0.2) is 46.8 Å². The molecule has 2 rings (SSSR count). The minimum Gasteiger partial charge on any atom is -0.145 e. The predicted molar refractivity (Wildman–Crippen MR) is 54.9 cm³/mol. The quantitative estimate of drug-likeness (QED) is 0.672. The van der Waals surface area contributed by atoms with Crippen molar-refractivity contribution in [3.05, 3.63) is 46.2 Å². The highest BCUT2D eigenvalue weighted by Crippen LogP contribution is 2.33. The zero-order valence-electron chi connectivity index (χ0n) is 7.18. The summed E-state index contributed by atoms with van der Waals surface area (Å²) in [6.07, 6.45) is 0. The van der Waals surface area contributed by atoms with Crippen LogP contribution in [0.4, 0.5) is 11.4 Å². The first-order valence-corrected chi connectivity index (χ1v) is 4.05. The minimum absolute atomic E-state index is 0.248. The summed E-state index contributed by atoms with van der Waals surface area (Å²) >= 11 is 0. The Morgan fingerprint density at radius 2 is 1.29 bits per heavy atom. The SMILES string of the molecule is O=Nc1cccc2cccc(N=O)c12. The van der Waals surface area contributed by atoms with Gasteiger partial charge in [-0.25, -0.2) is 0 Å². The first-order chi connectivity index (χ1) is 6.86. The highest BCUT2D eigenvalue weighted by molar-refractivity contribution is 6.00. The molecule has 68 valence electrons. The second-order valence-corrected chi connectivity index (χ2v) is 2.83. The van der Waals surface area contributed by atoms with Gasteiger partial charge in [-0.1, -0.05) is 24.3 Å². The molecule has 0 saturated heterocycles. The van der Waals surface area contributed by atoms with Crippen LogP contribution in [0.2, 0.25) is 0 Å². The van der Waals surface area contributed by atoms with E-state index in [-0.39, 0.29) is 11.4 Å². The van der Waals surface area contributed by atoms with Gasteiger partial charge < -0.3 is 0 Å². The molecule has 2 aromatic rings. The molecule has 4 heteroatoms. The lowest BCUT2D eigenvalue weighted by Crippen LogP contribution is -1.73. The van der Waals surface area contributed by atoms with Crippen molar-refractivity contribution in [1.82, 2.24) is 0 Å². The van der Waals surface area contributed by atoms with Gasteiger partial charge in [0.05, 0.1) is 0 Å². The summed E-state index contributed by atoms with van der Waals surface area (Å²) in [6, 6.07) is 10.2. The van der Waals surface area contributed by atoms with E-state index in [0.717, 1.165) is 5.39 Å². The summed E-state index contributed by atoms with van der Waals surface area (Å²) in [6.45, 7) is 0. The molecule has 0 radical (unpaired) electrons. The van der Waals surface area contributed by atoms with Gasteiger partial charge in [-0.15, -0.1) is 9.81 Å². The van der Waals surface area contributed by atoms with Crippen LogP contribution in [0.5, 0.6) is 0 Å². The van der Waals surface area contributed by atoms with Crippen LogP contribution in [-0.2, 0) is 0 Å². The predicted octanol–water partition coefficient (Wildman–Crippen LogP) is 3.64. The van der Waals surface area contributed by atoms with Gasteiger partial charge in [-0.05, 0) is 27.9 Å². The minimum atomic E-state index is 0.248. The van der Waals surface area contributed by atoms with Crippen LogP contribution in [0.25, 0.3) is 10.8 Å². The summed E-state index contributed by atoms with van der Waals surface area (Å²) < 4.78 is 0. The molecule has 4 nitrogen and oxygen atoms in total. The van der Waals surface area contributed by atoms with E-state index in [9.17, 15) is 9.81 Å². The number of nitroso groups, excluding NO2 is 2. The van der Waals surface area contributed by atoms with E-state index in [4.69, 9.17) is 0 Å². The van der Waals surface area contributed by atoms with E-state index in [0.29, 0.717) is 5.39 Å². The van der Waals surface area contributed by atoms with Crippen molar-refractivity contribution in [2.45, 2.75) is 0 Å². The molecule has 0 spiro atoms. The molecule has 0 fully saturated rings. The van der Waals surface area contributed by atoms with Crippen molar-refractivity contribution < 1.29 is 0 Å². The van der Waals surface area contributed by atoms with Gasteiger partial charge in [0, 0.05) is 5.39 Å². The number of benzene rings is 2. The standard InChI is InChI=1S/C10H6N2O2/c13-11-8-5-1-3-7-4-2-6-9(12-14)10(7)8/h1-6H. The molecule has 0 aliphatic heterocycles. The van der Waals surface area contributed by atoms with E-state index in [1.807, 2.05) is 0 Å². The monoisotopic (exact) mass is 186 g/mol. The largest absolute Gasteiger partial charge is 0.145 e. The average Bonchev–Trinajstić information content (AvgIpc) is 2.27. The molecule has 2 aromatic carbocycles. The van der Waals surface area contributed by atoms with Crippen LogP contribution in [0.1, 0.15) is 0 Å². The third-order valence-corrected chi connectivity index (χ3v) is 2.06. The Morgan fingerprint density at radius 1 is 0.786 bits per heavy atom. The lowest BCUT2D eigenvalue weighted by atomic mass is 10.1. The lowest BCUT2D eigenvalue weighted by Gasteiger charge is -2.00. The van der Waals surface area contributed by atoms with Crippen LogP contribution in [0.3, 0.4) is 0 Å². The molecule has 0 saturated carbocycles. The van der Waals surface area contributed by atoms with Gasteiger partial charge in [0.2, 0.25) is 0 Å². The smallest absolute Gasteiger partial charge is 0.118 e. The van der Waals surface area contributed by atoms with Crippen molar-refractivity contribution in [3.8, 4) is 0 Å². The van der Waals surface area contributed by atoms with E-state index in [1.54, 1.807) is 36.4 Å². The third kappa shape index (κ3) is 1.17. The maximum absolute atomic E-state index is 10.5. The van der Waals surface area contributed by atoms with Crippen molar-refractivity contribution in [3.63, 3.8) is 0 Å². The molecule has 0 bridgehead atoms. The van der Waals surface area contributed by atoms with Gasteiger partial charge in [0.15, 0.2) is 0 Å². The fourth-order valence-corrected chi connectivity index (χ4v) is 1.45. The van der Waals surface area contributed by atoms with Gasteiger partial charge >= 0.3 is 0 Å². The Bertz CT molecular complexity index is 466. The van der Waals surface area contributed by atoms with Crippen LogP contribution in [-0.4, -0.2) is 0 Å². The Kier molecular flexibility index (Phi) is 2.02. The second kappa shape index (κ2) is 3.33. The van der Waals surface area contributed by atoms with Crippen molar-refractivity contribution in [2.75, 3.05) is 0 Å². The number of fused-ring (bicyclic) bond motifs is 1.